The van der Waals surface area contributed by atoms with Crippen molar-refractivity contribution in [2.75, 3.05) is 32.8 Å². The maximum atomic E-state index is 12.8. The van der Waals surface area contributed by atoms with Gasteiger partial charge in [-0.1, -0.05) is 43.3 Å². The summed E-state index contributed by atoms with van der Waals surface area (Å²) in [6, 6.07) is 15.9. The van der Waals surface area contributed by atoms with Crippen LogP contribution in [0.1, 0.15) is 29.9 Å². The highest BCUT2D eigenvalue weighted by atomic mass is 16.3. The van der Waals surface area contributed by atoms with Gasteiger partial charge in [-0.05, 0) is 42.5 Å². The number of hydrogen-bond acceptors (Lipinski definition) is 5. The van der Waals surface area contributed by atoms with Crippen molar-refractivity contribution in [2.24, 2.45) is 0 Å². The van der Waals surface area contributed by atoms with Gasteiger partial charge in [-0.15, -0.1) is 0 Å². The van der Waals surface area contributed by atoms with Gasteiger partial charge < -0.3 is 10.0 Å². The molecule has 1 amide bonds. The number of amides is 1. The molecule has 6 nitrogen and oxygen atoms in total. The number of hydrogen-bond donors (Lipinski definition) is 1. The molecule has 30 heavy (non-hydrogen) atoms. The number of ketones is 1. The van der Waals surface area contributed by atoms with Crippen molar-refractivity contribution in [3.8, 4) is 0 Å². The average molecular weight is 405 g/mol. The van der Waals surface area contributed by atoms with Gasteiger partial charge in [0, 0.05) is 25.7 Å². The molecule has 0 aliphatic carbocycles. The smallest absolute Gasteiger partial charge is 0.246 e. The molecule has 0 radical (unpaired) electrons. The van der Waals surface area contributed by atoms with E-state index < -0.39 is 6.61 Å². The van der Waals surface area contributed by atoms with Crippen LogP contribution in [0, 0.1) is 0 Å². The molecular formula is C24H27N3O3. The number of aliphatic hydroxyl groups excluding tert-OH is 1. The van der Waals surface area contributed by atoms with Gasteiger partial charge in [0.25, 0.3) is 0 Å². The van der Waals surface area contributed by atoms with E-state index in [4.69, 9.17) is 5.11 Å². The molecule has 1 atom stereocenters. The fourth-order valence-corrected chi connectivity index (χ4v) is 3.54. The van der Waals surface area contributed by atoms with Gasteiger partial charge in [0.05, 0.1) is 17.4 Å². The molecule has 1 aliphatic rings. The van der Waals surface area contributed by atoms with Crippen molar-refractivity contribution in [3.63, 3.8) is 0 Å². The van der Waals surface area contributed by atoms with Crippen LogP contribution in [0.3, 0.4) is 0 Å². The van der Waals surface area contributed by atoms with Crippen molar-refractivity contribution < 1.29 is 14.7 Å². The van der Waals surface area contributed by atoms with Crippen molar-refractivity contribution in [2.45, 2.75) is 13.0 Å². The van der Waals surface area contributed by atoms with Gasteiger partial charge in [0.2, 0.25) is 5.91 Å². The Labute approximate surface area is 177 Å². The maximum Gasteiger partial charge on any atom is 0.246 e. The Balaban J connectivity index is 1.67. The lowest BCUT2D eigenvalue weighted by molar-refractivity contribution is -0.129. The summed E-state index contributed by atoms with van der Waals surface area (Å²) in [7, 11) is 0. The highest BCUT2D eigenvalue weighted by Crippen LogP contribution is 2.25. The number of nitrogens with zero attached hydrogens (tertiary/aromatic N) is 3. The third-order valence-electron chi connectivity index (χ3n) is 5.18. The van der Waals surface area contributed by atoms with Gasteiger partial charge >= 0.3 is 0 Å². The van der Waals surface area contributed by atoms with E-state index >= 15 is 0 Å². The summed E-state index contributed by atoms with van der Waals surface area (Å²) in [6.07, 6.45) is 6.08. The minimum absolute atomic E-state index is 0.0371. The van der Waals surface area contributed by atoms with Crippen LogP contribution in [-0.2, 0) is 9.59 Å². The van der Waals surface area contributed by atoms with E-state index in [1.165, 1.54) is 11.6 Å². The number of piperazine rings is 1. The van der Waals surface area contributed by atoms with E-state index in [-0.39, 0.29) is 17.7 Å². The first-order chi connectivity index (χ1) is 14.6. The Bertz CT molecular complexity index is 924. The molecular weight excluding hydrogens is 378 g/mol. The molecule has 0 bridgehead atoms. The number of aliphatic hydroxyl groups is 1. The first-order valence-corrected chi connectivity index (χ1v) is 10.2. The lowest BCUT2D eigenvalue weighted by atomic mass is 10.0. The lowest BCUT2D eigenvalue weighted by Crippen LogP contribution is -2.49. The van der Waals surface area contributed by atoms with Crippen LogP contribution in [0.5, 0.6) is 0 Å². The molecule has 1 N–H and O–H groups in total. The van der Waals surface area contributed by atoms with Gasteiger partial charge in [-0.3, -0.25) is 14.5 Å². The molecule has 2 aromatic rings. The zero-order valence-corrected chi connectivity index (χ0v) is 17.1. The summed E-state index contributed by atoms with van der Waals surface area (Å²) in [4.78, 5) is 32.7. The Kier molecular flexibility index (Phi) is 7.65. The number of rotatable bonds is 7. The molecule has 1 aromatic carbocycles. The largest absolute Gasteiger partial charge is 0.388 e. The standard InChI is InChI=1S/C24H27N3O3/c1-2-26-15-16-27(17-23(26)19-7-4-3-5-8-19)24(30)14-12-21-10-6-9-20(25-21)11-13-22(29)18-28/h3-14,23,28H,2,15-18H2,1H3/b13-11+,14-12+. The number of likely N-dealkylation sites (N-methyl/N-ethyl adjacent to an activating group) is 1. The van der Waals surface area contributed by atoms with Gasteiger partial charge in [0.1, 0.15) is 6.61 Å². The number of pyridine rings is 1. The zero-order valence-electron chi connectivity index (χ0n) is 17.1. The van der Waals surface area contributed by atoms with Gasteiger partial charge in [-0.2, -0.15) is 0 Å². The van der Waals surface area contributed by atoms with Crippen LogP contribution in [0.15, 0.2) is 60.7 Å². The third-order valence-corrected chi connectivity index (χ3v) is 5.18. The molecule has 0 saturated carbocycles. The Hall–Kier alpha value is -3.09. The fraction of sp³-hybridized carbons (Fsp3) is 0.292. The second kappa shape index (κ2) is 10.6. The second-order valence-electron chi connectivity index (χ2n) is 7.12. The molecule has 6 heteroatoms. The van der Waals surface area contributed by atoms with Crippen LogP contribution < -0.4 is 0 Å². The molecule has 156 valence electrons. The molecule has 3 rings (SSSR count). The first-order valence-electron chi connectivity index (χ1n) is 10.2. The number of aromatic nitrogens is 1. The van der Waals surface area contributed by atoms with Crippen LogP contribution in [0.4, 0.5) is 0 Å². The molecule has 2 heterocycles. The van der Waals surface area contributed by atoms with Gasteiger partial charge in [-0.25, -0.2) is 4.98 Å². The van der Waals surface area contributed by atoms with Gasteiger partial charge in [0.15, 0.2) is 5.78 Å². The van der Waals surface area contributed by atoms with E-state index in [9.17, 15) is 9.59 Å². The predicted molar refractivity (Wildman–Crippen MR) is 117 cm³/mol. The van der Waals surface area contributed by atoms with E-state index in [2.05, 4.69) is 28.9 Å². The summed E-state index contributed by atoms with van der Waals surface area (Å²) in [6.45, 7) is 4.75. The minimum Gasteiger partial charge on any atom is -0.388 e. The molecule has 1 aliphatic heterocycles. The van der Waals surface area contributed by atoms with Crippen molar-refractivity contribution in [3.05, 3.63) is 77.6 Å². The van der Waals surface area contributed by atoms with E-state index in [0.29, 0.717) is 24.5 Å². The Morgan fingerprint density at radius 1 is 1.03 bits per heavy atom. The van der Waals surface area contributed by atoms with Crippen LogP contribution in [-0.4, -0.2) is 64.4 Å². The number of carbonyl (C=O) groups excluding carboxylic acids is 2. The Morgan fingerprint density at radius 2 is 1.73 bits per heavy atom. The molecule has 1 fully saturated rings. The highest BCUT2D eigenvalue weighted by Gasteiger charge is 2.28. The van der Waals surface area contributed by atoms with Crippen molar-refractivity contribution in [1.29, 1.82) is 0 Å². The molecule has 0 spiro atoms. The molecule has 1 aromatic heterocycles. The third kappa shape index (κ3) is 5.72. The molecule has 1 unspecified atom stereocenters. The summed E-state index contributed by atoms with van der Waals surface area (Å²) >= 11 is 0. The van der Waals surface area contributed by atoms with Crippen LogP contribution >= 0.6 is 0 Å². The summed E-state index contributed by atoms with van der Waals surface area (Å²) in [5.41, 5.74) is 2.44. The van der Waals surface area contributed by atoms with Crippen molar-refractivity contribution >= 4 is 23.8 Å². The van der Waals surface area contributed by atoms with Crippen LogP contribution in [0.2, 0.25) is 0 Å². The second-order valence-corrected chi connectivity index (χ2v) is 7.12. The topological polar surface area (TPSA) is 73.7 Å². The summed E-state index contributed by atoms with van der Waals surface area (Å²) < 4.78 is 0. The minimum atomic E-state index is -0.528. The Morgan fingerprint density at radius 3 is 2.40 bits per heavy atom. The predicted octanol–water partition coefficient (Wildman–Crippen LogP) is 2.57. The van der Waals surface area contributed by atoms with E-state index in [1.54, 1.807) is 30.4 Å². The maximum absolute atomic E-state index is 12.8. The summed E-state index contributed by atoms with van der Waals surface area (Å²) in [5.74, 6) is -0.419. The average Bonchev–Trinajstić information content (AvgIpc) is 2.81. The number of carbonyl (C=O) groups is 2. The first kappa shape index (κ1) is 21.6. The zero-order chi connectivity index (χ0) is 21.3. The SMILES string of the molecule is CCN1CCN(C(=O)/C=C/c2cccc(/C=C/C(=O)CO)n2)CC1c1ccccc1. The quantitative estimate of drug-likeness (QED) is 0.717. The summed E-state index contributed by atoms with van der Waals surface area (Å²) in [5, 5.41) is 8.78. The monoisotopic (exact) mass is 405 g/mol. The molecule has 1 saturated heterocycles. The van der Waals surface area contributed by atoms with E-state index in [1.807, 2.05) is 29.2 Å². The van der Waals surface area contributed by atoms with Crippen molar-refractivity contribution in [1.82, 2.24) is 14.8 Å². The fourth-order valence-electron chi connectivity index (χ4n) is 3.54. The van der Waals surface area contributed by atoms with Crippen LogP contribution in [0.25, 0.3) is 12.2 Å². The van der Waals surface area contributed by atoms with E-state index in [0.717, 1.165) is 13.1 Å². The normalized spacial score (nSPS) is 17.7. The highest BCUT2D eigenvalue weighted by molar-refractivity contribution is 5.94. The number of benzene rings is 1. The lowest BCUT2D eigenvalue weighted by Gasteiger charge is -2.41.